The third-order valence-electron chi connectivity index (χ3n) is 4.67. The van der Waals surface area contributed by atoms with Crippen molar-refractivity contribution < 1.29 is 9.50 Å². The first kappa shape index (κ1) is 14.5. The van der Waals surface area contributed by atoms with Crippen LogP contribution < -0.4 is 0 Å². The number of hydrogen-bond donors (Lipinski definition) is 1. The summed E-state index contributed by atoms with van der Waals surface area (Å²) in [6.07, 6.45) is 3.25. The number of nitrogens with zero attached hydrogens (tertiary/aromatic N) is 1. The molecule has 1 saturated heterocycles. The first-order valence-electron chi connectivity index (χ1n) is 7.33. The first-order chi connectivity index (χ1) is 9.15. The zero-order valence-corrected chi connectivity index (χ0v) is 11.9. The molecule has 0 amide bonds. The Morgan fingerprint density at radius 2 is 1.79 bits per heavy atom. The summed E-state index contributed by atoms with van der Waals surface area (Å²) < 4.78 is 14.0. The lowest BCUT2D eigenvalue weighted by atomic mass is 9.81. The highest BCUT2D eigenvalue weighted by molar-refractivity contribution is 5.23. The van der Waals surface area contributed by atoms with Gasteiger partial charge in [-0.25, -0.2) is 4.39 Å². The van der Waals surface area contributed by atoms with E-state index >= 15 is 0 Å². The quantitative estimate of drug-likeness (QED) is 0.880. The molecule has 1 unspecified atom stereocenters. The highest BCUT2D eigenvalue weighted by atomic mass is 19.1. The molecule has 1 aliphatic heterocycles. The molecule has 1 heterocycles. The van der Waals surface area contributed by atoms with Gasteiger partial charge in [0.2, 0.25) is 0 Å². The number of rotatable bonds is 5. The van der Waals surface area contributed by atoms with E-state index in [9.17, 15) is 9.50 Å². The van der Waals surface area contributed by atoms with Gasteiger partial charge in [-0.15, -0.1) is 0 Å². The molecule has 2 nitrogen and oxygen atoms in total. The summed E-state index contributed by atoms with van der Waals surface area (Å²) >= 11 is 0. The van der Waals surface area contributed by atoms with Crippen LogP contribution in [0.25, 0.3) is 0 Å². The summed E-state index contributed by atoms with van der Waals surface area (Å²) in [6, 6.07) is 6.59. The highest BCUT2D eigenvalue weighted by Gasteiger charge is 2.42. The topological polar surface area (TPSA) is 23.5 Å². The summed E-state index contributed by atoms with van der Waals surface area (Å²) in [5.41, 5.74) is 0.0942. The zero-order valence-electron chi connectivity index (χ0n) is 11.9. The molecule has 0 aliphatic carbocycles. The minimum Gasteiger partial charge on any atom is -0.386 e. The lowest BCUT2D eigenvalue weighted by Gasteiger charge is -2.44. The lowest BCUT2D eigenvalue weighted by molar-refractivity contribution is -0.0311. The number of aliphatic hydroxyl groups excluding tert-OH is 1. The van der Waals surface area contributed by atoms with Crippen LogP contribution in [-0.2, 0) is 0 Å². The van der Waals surface area contributed by atoms with Gasteiger partial charge in [0.1, 0.15) is 11.9 Å². The van der Waals surface area contributed by atoms with Crippen LogP contribution in [0.15, 0.2) is 24.3 Å². The molecule has 1 aromatic carbocycles. The summed E-state index contributed by atoms with van der Waals surface area (Å²) in [7, 11) is 0. The van der Waals surface area contributed by atoms with E-state index in [4.69, 9.17) is 0 Å². The Morgan fingerprint density at radius 1 is 1.21 bits per heavy atom. The second kappa shape index (κ2) is 6.02. The van der Waals surface area contributed by atoms with Crippen molar-refractivity contribution in [3.8, 4) is 0 Å². The van der Waals surface area contributed by atoms with Crippen LogP contribution in [0.5, 0.6) is 0 Å². The van der Waals surface area contributed by atoms with E-state index in [1.165, 1.54) is 18.9 Å². The van der Waals surface area contributed by atoms with Crippen LogP contribution in [0.1, 0.15) is 51.2 Å². The molecule has 1 fully saturated rings. The maximum atomic E-state index is 14.0. The van der Waals surface area contributed by atoms with E-state index in [0.29, 0.717) is 5.56 Å². The van der Waals surface area contributed by atoms with Crippen LogP contribution in [0.2, 0.25) is 0 Å². The molecule has 1 aromatic rings. The molecule has 19 heavy (non-hydrogen) atoms. The fraction of sp³-hybridized carbons (Fsp3) is 0.625. The molecule has 1 atom stereocenters. The number of hydrogen-bond acceptors (Lipinski definition) is 2. The lowest BCUT2D eigenvalue weighted by Crippen LogP contribution is -2.51. The molecule has 1 aliphatic rings. The van der Waals surface area contributed by atoms with Crippen molar-refractivity contribution in [2.75, 3.05) is 13.1 Å². The summed E-state index contributed by atoms with van der Waals surface area (Å²) in [5, 5.41) is 10.8. The molecule has 1 N–H and O–H groups in total. The van der Waals surface area contributed by atoms with Crippen molar-refractivity contribution in [3.63, 3.8) is 0 Å². The largest absolute Gasteiger partial charge is 0.386 e. The minimum atomic E-state index is -0.762. The van der Waals surface area contributed by atoms with Crippen molar-refractivity contribution in [2.45, 2.75) is 51.2 Å². The fourth-order valence-electron chi connectivity index (χ4n) is 3.41. The first-order valence-corrected chi connectivity index (χ1v) is 7.33. The van der Waals surface area contributed by atoms with Crippen molar-refractivity contribution >= 4 is 0 Å². The third kappa shape index (κ3) is 2.54. The van der Waals surface area contributed by atoms with E-state index in [2.05, 4.69) is 18.7 Å². The van der Waals surface area contributed by atoms with Crippen LogP contribution in [0.4, 0.5) is 4.39 Å². The molecule has 3 heteroatoms. The van der Waals surface area contributed by atoms with Gasteiger partial charge in [0.25, 0.3) is 0 Å². The Labute approximate surface area is 115 Å². The molecule has 0 bridgehead atoms. The van der Waals surface area contributed by atoms with E-state index in [1.807, 2.05) is 0 Å². The fourth-order valence-corrected chi connectivity index (χ4v) is 3.41. The molecule has 2 rings (SSSR count). The van der Waals surface area contributed by atoms with E-state index in [1.54, 1.807) is 18.2 Å². The second-order valence-corrected chi connectivity index (χ2v) is 5.43. The standard InChI is InChI=1S/C16H24FNO/c1-3-16(4-2,18-11-7-8-12-18)15(19)13-9-5-6-10-14(13)17/h5-6,9-10,15,19H,3-4,7-8,11-12H2,1-2H3. The van der Waals surface area contributed by atoms with Crippen LogP contribution in [0.3, 0.4) is 0 Å². The van der Waals surface area contributed by atoms with Gasteiger partial charge in [-0.3, -0.25) is 4.90 Å². The number of likely N-dealkylation sites (tertiary alicyclic amines) is 1. The predicted molar refractivity (Wildman–Crippen MR) is 75.5 cm³/mol. The Kier molecular flexibility index (Phi) is 4.58. The van der Waals surface area contributed by atoms with Gasteiger partial charge in [-0.05, 0) is 44.8 Å². The molecule has 0 spiro atoms. The normalized spacial score (nSPS) is 18.7. The van der Waals surface area contributed by atoms with Gasteiger partial charge in [-0.2, -0.15) is 0 Å². The summed E-state index contributed by atoms with van der Waals surface area (Å²) in [6.45, 7) is 6.19. The molecule has 0 aromatic heterocycles. The van der Waals surface area contributed by atoms with Gasteiger partial charge in [0, 0.05) is 5.56 Å². The zero-order chi connectivity index (χ0) is 13.9. The Bertz CT molecular complexity index is 411. The average molecular weight is 265 g/mol. The molecular formula is C16H24FNO. The number of halogens is 1. The van der Waals surface area contributed by atoms with E-state index in [0.717, 1.165) is 25.9 Å². The summed E-state index contributed by atoms with van der Waals surface area (Å²) in [4.78, 5) is 2.35. The summed E-state index contributed by atoms with van der Waals surface area (Å²) in [5.74, 6) is -0.305. The van der Waals surface area contributed by atoms with Crippen molar-refractivity contribution in [3.05, 3.63) is 35.6 Å². The van der Waals surface area contributed by atoms with Gasteiger partial charge in [-0.1, -0.05) is 32.0 Å². The van der Waals surface area contributed by atoms with Gasteiger partial charge in [0.15, 0.2) is 0 Å². The highest BCUT2D eigenvalue weighted by Crippen LogP contribution is 2.39. The minimum absolute atomic E-state index is 0.305. The number of aliphatic hydroxyl groups is 1. The Morgan fingerprint density at radius 3 is 2.32 bits per heavy atom. The molecule has 0 radical (unpaired) electrons. The van der Waals surface area contributed by atoms with Crippen LogP contribution in [-0.4, -0.2) is 28.6 Å². The molecule has 106 valence electrons. The average Bonchev–Trinajstić information content (AvgIpc) is 2.96. The maximum Gasteiger partial charge on any atom is 0.129 e. The van der Waals surface area contributed by atoms with Crippen LogP contribution >= 0.6 is 0 Å². The SMILES string of the molecule is CCC(CC)(C(O)c1ccccc1F)N1CCCC1. The van der Waals surface area contributed by atoms with Gasteiger partial charge < -0.3 is 5.11 Å². The van der Waals surface area contributed by atoms with Crippen molar-refractivity contribution in [1.29, 1.82) is 0 Å². The van der Waals surface area contributed by atoms with Crippen molar-refractivity contribution in [2.24, 2.45) is 0 Å². The van der Waals surface area contributed by atoms with Gasteiger partial charge >= 0.3 is 0 Å². The second-order valence-electron chi connectivity index (χ2n) is 5.43. The third-order valence-corrected chi connectivity index (χ3v) is 4.67. The molecular weight excluding hydrogens is 241 g/mol. The molecule has 0 saturated carbocycles. The monoisotopic (exact) mass is 265 g/mol. The smallest absolute Gasteiger partial charge is 0.129 e. The van der Waals surface area contributed by atoms with Crippen LogP contribution in [0, 0.1) is 5.82 Å². The Balaban J connectivity index is 2.35. The van der Waals surface area contributed by atoms with Gasteiger partial charge in [0.05, 0.1) is 5.54 Å². The predicted octanol–water partition coefficient (Wildman–Crippen LogP) is 3.51. The Hall–Kier alpha value is -0.930. The number of benzene rings is 1. The van der Waals surface area contributed by atoms with E-state index in [-0.39, 0.29) is 11.4 Å². The maximum absolute atomic E-state index is 14.0. The van der Waals surface area contributed by atoms with E-state index < -0.39 is 6.10 Å². The van der Waals surface area contributed by atoms with Crippen molar-refractivity contribution in [1.82, 2.24) is 4.90 Å².